The molecule has 7 heteroatoms. The summed E-state index contributed by atoms with van der Waals surface area (Å²) in [6, 6.07) is 0. The first-order chi connectivity index (χ1) is 6.66. The van der Waals surface area contributed by atoms with Crippen molar-refractivity contribution in [1.82, 2.24) is 19.7 Å². The molecule has 14 heavy (non-hydrogen) atoms. The first kappa shape index (κ1) is 8.89. The molecule has 0 aliphatic carbocycles. The van der Waals surface area contributed by atoms with Crippen molar-refractivity contribution < 1.29 is 4.39 Å². The van der Waals surface area contributed by atoms with E-state index >= 15 is 0 Å². The highest BCUT2D eigenvalue weighted by atomic mass is 35.5. The summed E-state index contributed by atoms with van der Waals surface area (Å²) in [4.78, 5) is 7.41. The van der Waals surface area contributed by atoms with Crippen molar-refractivity contribution in [1.29, 1.82) is 0 Å². The van der Waals surface area contributed by atoms with Crippen LogP contribution in [-0.2, 0) is 0 Å². The number of halogens is 2. The zero-order valence-electron chi connectivity index (χ0n) is 6.85. The van der Waals surface area contributed by atoms with Crippen molar-refractivity contribution in [2.75, 3.05) is 5.73 Å². The molecule has 0 fully saturated rings. The van der Waals surface area contributed by atoms with E-state index in [1.807, 2.05) is 0 Å². The van der Waals surface area contributed by atoms with Gasteiger partial charge >= 0.3 is 0 Å². The maximum atomic E-state index is 12.5. The molecular formula is C7H5ClFN5. The lowest BCUT2D eigenvalue weighted by Crippen LogP contribution is -2.02. The van der Waals surface area contributed by atoms with Crippen molar-refractivity contribution in [3.05, 3.63) is 29.4 Å². The minimum atomic E-state index is -0.514. The molecule has 0 saturated heterocycles. The Labute approximate surface area is 83.3 Å². The molecule has 0 amide bonds. The monoisotopic (exact) mass is 213 g/mol. The van der Waals surface area contributed by atoms with Gasteiger partial charge in [0.1, 0.15) is 5.02 Å². The van der Waals surface area contributed by atoms with Gasteiger partial charge in [-0.25, -0.2) is 19.0 Å². The third kappa shape index (κ3) is 1.51. The van der Waals surface area contributed by atoms with E-state index in [0.717, 1.165) is 12.4 Å². The van der Waals surface area contributed by atoms with Crippen LogP contribution in [0.1, 0.15) is 0 Å². The van der Waals surface area contributed by atoms with E-state index in [9.17, 15) is 4.39 Å². The maximum absolute atomic E-state index is 12.5. The average Bonchev–Trinajstić information content (AvgIpc) is 2.48. The van der Waals surface area contributed by atoms with Gasteiger partial charge in [-0.1, -0.05) is 11.6 Å². The Morgan fingerprint density at radius 3 is 2.50 bits per heavy atom. The average molecular weight is 214 g/mol. The third-order valence-corrected chi connectivity index (χ3v) is 1.80. The lowest BCUT2D eigenvalue weighted by Gasteiger charge is -1.96. The Hall–Kier alpha value is -1.69. The zero-order valence-corrected chi connectivity index (χ0v) is 7.61. The highest BCUT2D eigenvalue weighted by Gasteiger charge is 2.06. The van der Waals surface area contributed by atoms with Crippen LogP contribution in [0.15, 0.2) is 18.6 Å². The second-order valence-electron chi connectivity index (χ2n) is 2.51. The van der Waals surface area contributed by atoms with E-state index in [4.69, 9.17) is 17.3 Å². The molecule has 5 nitrogen and oxygen atoms in total. The fourth-order valence-electron chi connectivity index (χ4n) is 0.892. The second kappa shape index (κ2) is 3.22. The van der Waals surface area contributed by atoms with Crippen molar-refractivity contribution in [2.24, 2.45) is 0 Å². The van der Waals surface area contributed by atoms with Crippen molar-refractivity contribution in [3.63, 3.8) is 0 Å². The first-order valence-electron chi connectivity index (χ1n) is 3.65. The smallest absolute Gasteiger partial charge is 0.250 e. The number of hydrogen-bond donors (Lipinski definition) is 1. The summed E-state index contributed by atoms with van der Waals surface area (Å²) in [6.45, 7) is 0. The number of aromatic nitrogens is 4. The van der Waals surface area contributed by atoms with Gasteiger partial charge in [0.15, 0.2) is 11.6 Å². The van der Waals surface area contributed by atoms with Crippen LogP contribution in [-0.4, -0.2) is 19.7 Å². The number of rotatable bonds is 1. The summed E-state index contributed by atoms with van der Waals surface area (Å²) in [7, 11) is 0. The third-order valence-electron chi connectivity index (χ3n) is 1.51. The van der Waals surface area contributed by atoms with Crippen LogP contribution in [0.3, 0.4) is 0 Å². The fourth-order valence-corrected chi connectivity index (χ4v) is 1.02. The molecule has 0 spiro atoms. The molecule has 0 bridgehead atoms. The summed E-state index contributed by atoms with van der Waals surface area (Å²) in [5, 5.41) is 4.13. The molecule has 0 unspecified atom stereocenters. The van der Waals surface area contributed by atoms with E-state index in [0.29, 0.717) is 5.02 Å². The van der Waals surface area contributed by atoms with Crippen LogP contribution in [0, 0.1) is 5.82 Å². The van der Waals surface area contributed by atoms with E-state index in [2.05, 4.69) is 15.1 Å². The number of anilines is 1. The van der Waals surface area contributed by atoms with Crippen molar-refractivity contribution in [3.8, 4) is 5.95 Å². The van der Waals surface area contributed by atoms with Gasteiger partial charge in [-0.15, -0.1) is 5.10 Å². The first-order valence-corrected chi connectivity index (χ1v) is 4.03. The predicted octanol–water partition coefficient (Wildman–Crippen LogP) is 1.04. The van der Waals surface area contributed by atoms with E-state index in [1.54, 1.807) is 0 Å². The van der Waals surface area contributed by atoms with Gasteiger partial charge in [-0.05, 0) is 0 Å². The molecule has 0 aromatic carbocycles. The van der Waals surface area contributed by atoms with E-state index < -0.39 is 5.82 Å². The molecule has 2 heterocycles. The van der Waals surface area contributed by atoms with Gasteiger partial charge in [0.25, 0.3) is 5.95 Å². The van der Waals surface area contributed by atoms with E-state index in [1.165, 1.54) is 10.9 Å². The van der Waals surface area contributed by atoms with Gasteiger partial charge in [0.2, 0.25) is 0 Å². The maximum Gasteiger partial charge on any atom is 0.250 e. The Balaban J connectivity index is 2.44. The van der Waals surface area contributed by atoms with Gasteiger partial charge < -0.3 is 5.73 Å². The highest BCUT2D eigenvalue weighted by Crippen LogP contribution is 2.16. The van der Waals surface area contributed by atoms with Gasteiger partial charge in [0.05, 0.1) is 18.6 Å². The highest BCUT2D eigenvalue weighted by molar-refractivity contribution is 6.32. The molecule has 2 N–H and O–H groups in total. The SMILES string of the molecule is Nc1nn(-c2ncc(F)cn2)cc1Cl. The number of nitrogen functional groups attached to an aromatic ring is 1. The zero-order chi connectivity index (χ0) is 10.1. The number of hydrogen-bond acceptors (Lipinski definition) is 4. The molecule has 0 aliphatic heterocycles. The summed E-state index contributed by atoms with van der Waals surface area (Å²) < 4.78 is 13.8. The summed E-state index contributed by atoms with van der Waals surface area (Å²) in [6.07, 6.45) is 3.52. The molecular weight excluding hydrogens is 209 g/mol. The molecule has 72 valence electrons. The molecule has 0 atom stereocenters. The minimum absolute atomic E-state index is 0.180. The topological polar surface area (TPSA) is 69.6 Å². The Kier molecular flexibility index (Phi) is 2.05. The molecule has 2 aromatic rings. The van der Waals surface area contributed by atoms with Crippen LogP contribution in [0.5, 0.6) is 0 Å². The lowest BCUT2D eigenvalue weighted by atomic mass is 10.6. The van der Waals surface area contributed by atoms with Crippen LogP contribution in [0.2, 0.25) is 5.02 Å². The summed E-state index contributed by atoms with van der Waals surface area (Å²) in [5.74, 6) is -0.121. The number of nitrogens with two attached hydrogens (primary N) is 1. The molecule has 0 radical (unpaired) electrons. The normalized spacial score (nSPS) is 10.4. The molecule has 0 saturated carbocycles. The molecule has 2 aromatic heterocycles. The molecule has 2 rings (SSSR count). The van der Waals surface area contributed by atoms with Gasteiger partial charge in [0, 0.05) is 0 Å². The van der Waals surface area contributed by atoms with Crippen molar-refractivity contribution in [2.45, 2.75) is 0 Å². The van der Waals surface area contributed by atoms with E-state index in [-0.39, 0.29) is 11.8 Å². The number of nitrogens with zero attached hydrogens (tertiary/aromatic N) is 4. The Morgan fingerprint density at radius 2 is 2.00 bits per heavy atom. The summed E-state index contributed by atoms with van der Waals surface area (Å²) >= 11 is 5.67. The van der Waals surface area contributed by atoms with Crippen LogP contribution in [0.4, 0.5) is 10.2 Å². The lowest BCUT2D eigenvalue weighted by molar-refractivity contribution is 0.608. The van der Waals surface area contributed by atoms with Gasteiger partial charge in [-0.3, -0.25) is 0 Å². The van der Waals surface area contributed by atoms with Crippen LogP contribution in [0.25, 0.3) is 5.95 Å². The quantitative estimate of drug-likeness (QED) is 0.768. The second-order valence-corrected chi connectivity index (χ2v) is 2.92. The fraction of sp³-hybridized carbons (Fsp3) is 0. The Morgan fingerprint density at radius 1 is 1.36 bits per heavy atom. The summed E-state index contributed by atoms with van der Waals surface area (Å²) in [5.41, 5.74) is 5.41. The van der Waals surface area contributed by atoms with Crippen molar-refractivity contribution >= 4 is 17.4 Å². The predicted molar refractivity (Wildman–Crippen MR) is 48.5 cm³/mol. The standard InChI is InChI=1S/C7H5ClFN5/c8-5-3-14(13-6(5)10)7-11-1-4(9)2-12-7/h1-3H,(H2,10,13). The minimum Gasteiger partial charge on any atom is -0.381 e. The van der Waals surface area contributed by atoms with Gasteiger partial charge in [-0.2, -0.15) is 0 Å². The van der Waals surface area contributed by atoms with Crippen LogP contribution >= 0.6 is 11.6 Å². The van der Waals surface area contributed by atoms with Crippen LogP contribution < -0.4 is 5.73 Å². The molecule has 0 aliphatic rings. The largest absolute Gasteiger partial charge is 0.381 e. The Bertz CT molecular complexity index is 432.